The molecule has 0 aromatic heterocycles. The quantitative estimate of drug-likeness (QED) is 0.465. The van der Waals surface area contributed by atoms with E-state index in [4.69, 9.17) is 5.11 Å². The Morgan fingerprint density at radius 3 is 3.05 bits per heavy atom. The van der Waals surface area contributed by atoms with Crippen LogP contribution >= 0.6 is 11.8 Å². The summed E-state index contributed by atoms with van der Waals surface area (Å²) in [5.74, 6) is 0.679. The van der Waals surface area contributed by atoms with E-state index in [0.29, 0.717) is 23.7 Å². The van der Waals surface area contributed by atoms with Crippen LogP contribution in [-0.4, -0.2) is 55.9 Å². The van der Waals surface area contributed by atoms with Gasteiger partial charge in [0.1, 0.15) is 5.69 Å². The Morgan fingerprint density at radius 2 is 2.35 bits per heavy atom. The van der Waals surface area contributed by atoms with Crippen molar-refractivity contribution in [2.75, 3.05) is 18.6 Å². The Hall–Kier alpha value is -1.35. The molecule has 2 unspecified atom stereocenters. The number of H-pyrrole nitrogens is 2. The lowest BCUT2D eigenvalue weighted by Gasteiger charge is -2.22. The van der Waals surface area contributed by atoms with Crippen LogP contribution in [0.25, 0.3) is 11.4 Å². The summed E-state index contributed by atoms with van der Waals surface area (Å²) in [5, 5.41) is 21.9. The number of nitrogens with zero attached hydrogens (tertiary/aromatic N) is 1. The molecule has 0 spiro atoms. The third kappa shape index (κ3) is 3.40. The molecule has 0 amide bonds. The van der Waals surface area contributed by atoms with Crippen LogP contribution in [0.3, 0.4) is 0 Å². The number of hydrogen-bond acceptors (Lipinski definition) is 6. The minimum atomic E-state index is -0.816. The lowest BCUT2D eigenvalue weighted by atomic mass is 10.1. The summed E-state index contributed by atoms with van der Waals surface area (Å²) in [7, 11) is 0. The van der Waals surface area contributed by atoms with Crippen molar-refractivity contribution in [2.24, 2.45) is 0 Å². The molecule has 7 nitrogen and oxygen atoms in total. The van der Waals surface area contributed by atoms with E-state index in [-0.39, 0.29) is 18.3 Å². The third-order valence-corrected chi connectivity index (χ3v) is 3.76. The molecule has 0 aromatic carbocycles. The number of aromatic nitrogens is 3. The molecule has 2 heterocycles. The van der Waals surface area contributed by atoms with Crippen LogP contribution in [0.15, 0.2) is 17.2 Å². The van der Waals surface area contributed by atoms with Gasteiger partial charge in [0.05, 0.1) is 18.4 Å². The molecule has 110 valence electrons. The molecule has 5 N–H and O–H groups in total. The zero-order valence-electron chi connectivity index (χ0n) is 11.1. The van der Waals surface area contributed by atoms with Gasteiger partial charge in [0.25, 0.3) is 0 Å². The van der Waals surface area contributed by atoms with Crippen LogP contribution in [0.4, 0.5) is 0 Å². The van der Waals surface area contributed by atoms with E-state index in [1.807, 2.05) is 6.26 Å². The van der Waals surface area contributed by atoms with Crippen molar-refractivity contribution in [3.05, 3.63) is 28.4 Å². The fraction of sp³-hybridized carbons (Fsp3) is 0.500. The fourth-order valence-electron chi connectivity index (χ4n) is 1.97. The van der Waals surface area contributed by atoms with Crippen molar-refractivity contribution in [2.45, 2.75) is 18.7 Å². The molecule has 2 aliphatic heterocycles. The minimum Gasteiger partial charge on any atom is -0.394 e. The predicted molar refractivity (Wildman–Crippen MR) is 77.9 cm³/mol. The Balaban J connectivity index is 2.08. The lowest BCUT2D eigenvalue weighted by Crippen LogP contribution is -2.43. The highest BCUT2D eigenvalue weighted by Crippen LogP contribution is 2.20. The van der Waals surface area contributed by atoms with Gasteiger partial charge in [-0.2, -0.15) is 11.8 Å². The van der Waals surface area contributed by atoms with E-state index in [1.54, 1.807) is 24.2 Å². The molecule has 8 heteroatoms. The molecule has 0 bridgehead atoms. The SMILES string of the molecule is CSCC(NCc1cnc2c[nH]c(=O)[nH]c1-2)C(O)CO. The summed E-state index contributed by atoms with van der Waals surface area (Å²) < 4.78 is 0. The number of aliphatic hydroxyl groups excluding tert-OH is 2. The van der Waals surface area contributed by atoms with Gasteiger partial charge < -0.3 is 25.5 Å². The Kier molecular flexibility index (Phi) is 5.18. The normalized spacial score (nSPS) is 14.6. The number of nitrogens with one attached hydrogen (secondary N) is 3. The molecular formula is C12H18N4O3S. The standard InChI is InChI=1S/C12H18N4O3S/c1-20-6-9(10(18)5-17)14-3-7-2-13-8-4-15-12(19)16-11(7)8/h2,4,9-10,14,17-18H,3,5-6H2,1H3,(H2,15,16,19). The van der Waals surface area contributed by atoms with Crippen LogP contribution in [0.2, 0.25) is 0 Å². The first kappa shape index (κ1) is 15.0. The molecule has 0 aliphatic carbocycles. The summed E-state index contributed by atoms with van der Waals surface area (Å²) in [6.07, 6.45) is 4.36. The molecule has 0 saturated heterocycles. The second-order valence-electron chi connectivity index (χ2n) is 4.48. The van der Waals surface area contributed by atoms with Crippen molar-refractivity contribution in [1.29, 1.82) is 0 Å². The van der Waals surface area contributed by atoms with Gasteiger partial charge in [-0.15, -0.1) is 0 Å². The van der Waals surface area contributed by atoms with Gasteiger partial charge >= 0.3 is 5.69 Å². The van der Waals surface area contributed by atoms with E-state index in [9.17, 15) is 9.90 Å². The Morgan fingerprint density at radius 1 is 1.55 bits per heavy atom. The van der Waals surface area contributed by atoms with Gasteiger partial charge in [-0.3, -0.25) is 4.98 Å². The Bertz CT molecular complexity index is 570. The topological polar surface area (TPSA) is 114 Å². The van der Waals surface area contributed by atoms with Gasteiger partial charge in [0.2, 0.25) is 0 Å². The second-order valence-corrected chi connectivity index (χ2v) is 5.39. The van der Waals surface area contributed by atoms with Gasteiger partial charge in [-0.1, -0.05) is 0 Å². The van der Waals surface area contributed by atoms with Crippen molar-refractivity contribution >= 4 is 11.8 Å². The number of aliphatic hydroxyl groups is 2. The second kappa shape index (κ2) is 6.89. The molecule has 2 rings (SSSR count). The molecule has 0 radical (unpaired) electrons. The van der Waals surface area contributed by atoms with Crippen LogP contribution < -0.4 is 11.0 Å². The first-order valence-corrected chi connectivity index (χ1v) is 7.61. The van der Waals surface area contributed by atoms with Gasteiger partial charge in [0.15, 0.2) is 0 Å². The van der Waals surface area contributed by atoms with Crippen LogP contribution in [0.5, 0.6) is 0 Å². The van der Waals surface area contributed by atoms with Crippen LogP contribution in [0, 0.1) is 0 Å². The largest absolute Gasteiger partial charge is 0.394 e. The van der Waals surface area contributed by atoms with E-state index >= 15 is 0 Å². The molecule has 20 heavy (non-hydrogen) atoms. The van der Waals surface area contributed by atoms with Gasteiger partial charge in [-0.05, 0) is 6.26 Å². The number of aromatic amines is 2. The smallest absolute Gasteiger partial charge is 0.323 e. The summed E-state index contributed by atoms with van der Waals surface area (Å²) in [6.45, 7) is 0.169. The zero-order chi connectivity index (χ0) is 14.5. The molecular weight excluding hydrogens is 280 g/mol. The first-order chi connectivity index (χ1) is 9.65. The van der Waals surface area contributed by atoms with Crippen LogP contribution in [-0.2, 0) is 6.54 Å². The summed E-state index contributed by atoms with van der Waals surface area (Å²) >= 11 is 1.58. The van der Waals surface area contributed by atoms with Crippen molar-refractivity contribution in [1.82, 2.24) is 20.3 Å². The summed E-state index contributed by atoms with van der Waals surface area (Å²) in [5.41, 5.74) is 1.93. The molecule has 0 aromatic rings. The molecule has 0 saturated carbocycles. The summed E-state index contributed by atoms with van der Waals surface area (Å²) in [6, 6.07) is -0.220. The van der Waals surface area contributed by atoms with E-state index in [0.717, 1.165) is 5.56 Å². The van der Waals surface area contributed by atoms with E-state index in [1.165, 1.54) is 0 Å². The number of rotatable bonds is 7. The summed E-state index contributed by atoms with van der Waals surface area (Å²) in [4.78, 5) is 20.7. The number of fused-ring (bicyclic) bond motifs is 1. The van der Waals surface area contributed by atoms with E-state index < -0.39 is 6.10 Å². The maximum atomic E-state index is 11.3. The maximum absolute atomic E-state index is 11.3. The third-order valence-electron chi connectivity index (χ3n) is 3.07. The first-order valence-electron chi connectivity index (χ1n) is 6.22. The molecule has 2 atom stereocenters. The van der Waals surface area contributed by atoms with Gasteiger partial charge in [-0.25, -0.2) is 4.79 Å². The zero-order valence-corrected chi connectivity index (χ0v) is 11.9. The van der Waals surface area contributed by atoms with Crippen molar-refractivity contribution in [3.8, 4) is 11.4 Å². The number of thioether (sulfide) groups is 1. The Labute approximate surface area is 120 Å². The fourth-order valence-corrected chi connectivity index (χ4v) is 2.67. The monoisotopic (exact) mass is 298 g/mol. The lowest BCUT2D eigenvalue weighted by molar-refractivity contribution is 0.0689. The van der Waals surface area contributed by atoms with Crippen LogP contribution in [0.1, 0.15) is 5.56 Å². The molecule has 0 fully saturated rings. The van der Waals surface area contributed by atoms with Crippen molar-refractivity contribution < 1.29 is 10.2 Å². The average molecular weight is 298 g/mol. The molecule has 2 aliphatic rings. The van der Waals surface area contributed by atoms with Gasteiger partial charge in [0, 0.05) is 36.3 Å². The van der Waals surface area contributed by atoms with E-state index in [2.05, 4.69) is 20.3 Å². The minimum absolute atomic E-state index is 0.220. The highest BCUT2D eigenvalue weighted by molar-refractivity contribution is 7.98. The van der Waals surface area contributed by atoms with Crippen molar-refractivity contribution in [3.63, 3.8) is 0 Å². The highest BCUT2D eigenvalue weighted by atomic mass is 32.2. The highest BCUT2D eigenvalue weighted by Gasteiger charge is 2.19. The maximum Gasteiger partial charge on any atom is 0.323 e. The number of hydrogen-bond donors (Lipinski definition) is 5. The average Bonchev–Trinajstić information content (AvgIpc) is 2.85. The predicted octanol–water partition coefficient (Wildman–Crippen LogP) is -0.623.